The number of carbonyl (C=O) groups excluding carboxylic acids is 2. The van der Waals surface area contributed by atoms with E-state index >= 15 is 0 Å². The van der Waals surface area contributed by atoms with Gasteiger partial charge < -0.3 is 15.4 Å². The molecule has 29 heavy (non-hydrogen) atoms. The van der Waals surface area contributed by atoms with Crippen LogP contribution in [0.1, 0.15) is 43.2 Å². The summed E-state index contributed by atoms with van der Waals surface area (Å²) in [4.78, 5) is 24.9. The van der Waals surface area contributed by atoms with Gasteiger partial charge in [0.15, 0.2) is 0 Å². The van der Waals surface area contributed by atoms with Gasteiger partial charge in [-0.25, -0.2) is 4.39 Å². The molecule has 1 aliphatic rings. The van der Waals surface area contributed by atoms with Gasteiger partial charge in [-0.3, -0.25) is 9.59 Å². The first kappa shape index (κ1) is 20.8. The zero-order valence-electron chi connectivity index (χ0n) is 17.0. The van der Waals surface area contributed by atoms with E-state index in [0.29, 0.717) is 12.3 Å². The predicted molar refractivity (Wildman–Crippen MR) is 110 cm³/mol. The molecule has 2 atom stereocenters. The van der Waals surface area contributed by atoms with Crippen molar-refractivity contribution in [3.05, 3.63) is 59.4 Å². The Morgan fingerprint density at radius 1 is 1.21 bits per heavy atom. The molecule has 2 amide bonds. The summed E-state index contributed by atoms with van der Waals surface area (Å²) in [6.07, 6.45) is 2.52. The molecule has 0 spiro atoms. The highest BCUT2D eigenvalue weighted by molar-refractivity contribution is 5.97. The van der Waals surface area contributed by atoms with Gasteiger partial charge in [0.1, 0.15) is 17.6 Å². The number of carbonyl (C=O) groups is 2. The van der Waals surface area contributed by atoms with Crippen molar-refractivity contribution in [3.63, 3.8) is 0 Å². The van der Waals surface area contributed by atoms with Gasteiger partial charge in [0.05, 0.1) is 12.8 Å². The first-order chi connectivity index (χ1) is 13.9. The number of para-hydroxylation sites is 1. The summed E-state index contributed by atoms with van der Waals surface area (Å²) in [5.41, 5.74) is 2.25. The maximum atomic E-state index is 13.7. The topological polar surface area (TPSA) is 67.4 Å². The van der Waals surface area contributed by atoms with Gasteiger partial charge in [-0.15, -0.1) is 0 Å². The standard InChI is InChI=1S/C23H27FN2O3/c1-14-12-17(10-11-21(14)29-3)18(16-8-9-16)13-22(27)25-15(2)23(28)26-20-7-5-4-6-19(20)24/h4-7,10-12,15-16,18H,8-9,13H2,1-3H3,(H,25,27)(H,26,28). The van der Waals surface area contributed by atoms with Crippen LogP contribution in [0.15, 0.2) is 42.5 Å². The van der Waals surface area contributed by atoms with E-state index < -0.39 is 17.8 Å². The molecular weight excluding hydrogens is 371 g/mol. The minimum Gasteiger partial charge on any atom is -0.496 e. The average Bonchev–Trinajstić information content (AvgIpc) is 3.53. The van der Waals surface area contributed by atoms with Crippen LogP contribution < -0.4 is 15.4 Å². The zero-order valence-corrected chi connectivity index (χ0v) is 17.0. The Labute approximate surface area is 170 Å². The number of hydrogen-bond donors (Lipinski definition) is 2. The van der Waals surface area contributed by atoms with Gasteiger partial charge in [-0.1, -0.05) is 24.3 Å². The molecule has 6 heteroatoms. The molecule has 3 rings (SSSR count). The third-order valence-electron chi connectivity index (χ3n) is 5.35. The lowest BCUT2D eigenvalue weighted by Crippen LogP contribution is -2.42. The zero-order chi connectivity index (χ0) is 21.0. The Kier molecular flexibility index (Phi) is 6.52. The number of rotatable bonds is 8. The molecule has 0 aliphatic heterocycles. The monoisotopic (exact) mass is 398 g/mol. The van der Waals surface area contributed by atoms with E-state index in [2.05, 4.69) is 16.7 Å². The van der Waals surface area contributed by atoms with Crippen LogP contribution in [0.2, 0.25) is 0 Å². The Morgan fingerprint density at radius 2 is 1.93 bits per heavy atom. The number of halogens is 1. The van der Waals surface area contributed by atoms with E-state index in [9.17, 15) is 14.0 Å². The van der Waals surface area contributed by atoms with Crippen molar-refractivity contribution in [1.82, 2.24) is 5.32 Å². The molecule has 2 aromatic carbocycles. The summed E-state index contributed by atoms with van der Waals surface area (Å²) in [5.74, 6) is 0.269. The SMILES string of the molecule is COc1ccc(C(CC(=O)NC(C)C(=O)Nc2ccccc2F)C2CC2)cc1C. The highest BCUT2D eigenvalue weighted by Crippen LogP contribution is 2.45. The second-order valence-corrected chi connectivity index (χ2v) is 7.64. The first-order valence-corrected chi connectivity index (χ1v) is 9.88. The molecule has 2 N–H and O–H groups in total. The smallest absolute Gasteiger partial charge is 0.246 e. The highest BCUT2D eigenvalue weighted by atomic mass is 19.1. The van der Waals surface area contributed by atoms with Crippen molar-refractivity contribution in [1.29, 1.82) is 0 Å². The van der Waals surface area contributed by atoms with Crippen LogP contribution in [-0.4, -0.2) is 25.0 Å². The number of anilines is 1. The van der Waals surface area contributed by atoms with E-state index in [0.717, 1.165) is 29.7 Å². The predicted octanol–water partition coefficient (Wildman–Crippen LogP) is 4.17. The summed E-state index contributed by atoms with van der Waals surface area (Å²) in [7, 11) is 1.64. The molecule has 1 saturated carbocycles. The molecule has 2 aromatic rings. The molecule has 0 bridgehead atoms. The van der Waals surface area contributed by atoms with E-state index in [1.807, 2.05) is 19.1 Å². The second-order valence-electron chi connectivity index (χ2n) is 7.64. The molecular formula is C23H27FN2O3. The molecule has 154 valence electrons. The lowest BCUT2D eigenvalue weighted by Gasteiger charge is -2.20. The summed E-state index contributed by atoms with van der Waals surface area (Å²) < 4.78 is 19.0. The lowest BCUT2D eigenvalue weighted by molar-refractivity contribution is -0.126. The number of benzene rings is 2. The molecule has 5 nitrogen and oxygen atoms in total. The molecule has 1 fully saturated rings. The number of aryl methyl sites for hydroxylation is 1. The summed E-state index contributed by atoms with van der Waals surface area (Å²) in [5, 5.41) is 5.25. The van der Waals surface area contributed by atoms with Crippen molar-refractivity contribution in [2.75, 3.05) is 12.4 Å². The van der Waals surface area contributed by atoms with Crippen LogP contribution in [0, 0.1) is 18.7 Å². The summed E-state index contributed by atoms with van der Waals surface area (Å²) in [6, 6.07) is 11.2. The minimum atomic E-state index is -0.764. The fraction of sp³-hybridized carbons (Fsp3) is 0.391. The number of hydrogen-bond acceptors (Lipinski definition) is 3. The number of ether oxygens (including phenoxy) is 1. The maximum Gasteiger partial charge on any atom is 0.246 e. The van der Waals surface area contributed by atoms with Crippen molar-refractivity contribution >= 4 is 17.5 Å². The van der Waals surface area contributed by atoms with Crippen molar-refractivity contribution in [2.24, 2.45) is 5.92 Å². The van der Waals surface area contributed by atoms with Crippen molar-refractivity contribution in [3.8, 4) is 5.75 Å². The Hall–Kier alpha value is -2.89. The van der Waals surface area contributed by atoms with Crippen molar-refractivity contribution < 1.29 is 18.7 Å². The Balaban J connectivity index is 1.61. The van der Waals surface area contributed by atoms with Gasteiger partial charge in [-0.05, 0) is 67.9 Å². The first-order valence-electron chi connectivity index (χ1n) is 9.88. The molecule has 0 heterocycles. The van der Waals surface area contributed by atoms with Crippen molar-refractivity contribution in [2.45, 2.75) is 45.1 Å². The maximum absolute atomic E-state index is 13.7. The normalized spacial score (nSPS) is 15.3. The van der Waals surface area contributed by atoms with Gasteiger partial charge >= 0.3 is 0 Å². The highest BCUT2D eigenvalue weighted by Gasteiger charge is 2.34. The van der Waals surface area contributed by atoms with E-state index in [1.54, 1.807) is 26.2 Å². The van der Waals surface area contributed by atoms with Crippen LogP contribution in [0.5, 0.6) is 5.75 Å². The summed E-state index contributed by atoms with van der Waals surface area (Å²) in [6.45, 7) is 3.58. The molecule has 0 aromatic heterocycles. The van der Waals surface area contributed by atoms with Crippen LogP contribution in [0.4, 0.5) is 10.1 Å². The van der Waals surface area contributed by atoms with E-state index in [-0.39, 0.29) is 17.5 Å². The van der Waals surface area contributed by atoms with E-state index in [1.165, 1.54) is 12.1 Å². The van der Waals surface area contributed by atoms with Crippen LogP contribution in [-0.2, 0) is 9.59 Å². The fourth-order valence-electron chi connectivity index (χ4n) is 3.56. The summed E-state index contributed by atoms with van der Waals surface area (Å²) >= 11 is 0. The lowest BCUT2D eigenvalue weighted by atomic mass is 9.89. The van der Waals surface area contributed by atoms with Crippen LogP contribution in [0.25, 0.3) is 0 Å². The van der Waals surface area contributed by atoms with Gasteiger partial charge in [0.25, 0.3) is 0 Å². The number of nitrogens with one attached hydrogen (secondary N) is 2. The number of methoxy groups -OCH3 is 1. The van der Waals surface area contributed by atoms with Gasteiger partial charge in [0, 0.05) is 6.42 Å². The fourth-order valence-corrected chi connectivity index (χ4v) is 3.56. The molecule has 0 radical (unpaired) electrons. The third kappa shape index (κ3) is 5.34. The second kappa shape index (κ2) is 9.07. The Morgan fingerprint density at radius 3 is 2.55 bits per heavy atom. The van der Waals surface area contributed by atoms with Crippen LogP contribution >= 0.6 is 0 Å². The van der Waals surface area contributed by atoms with Crippen LogP contribution in [0.3, 0.4) is 0 Å². The third-order valence-corrected chi connectivity index (χ3v) is 5.35. The Bertz CT molecular complexity index is 895. The minimum absolute atomic E-state index is 0.100. The average molecular weight is 398 g/mol. The number of amides is 2. The van der Waals surface area contributed by atoms with Gasteiger partial charge in [-0.2, -0.15) is 0 Å². The quantitative estimate of drug-likeness (QED) is 0.701. The molecule has 2 unspecified atom stereocenters. The van der Waals surface area contributed by atoms with Gasteiger partial charge in [0.2, 0.25) is 11.8 Å². The largest absolute Gasteiger partial charge is 0.496 e. The van der Waals surface area contributed by atoms with E-state index in [4.69, 9.17) is 4.74 Å². The molecule has 0 saturated heterocycles. The molecule has 1 aliphatic carbocycles.